The number of hydrogen-bond acceptors (Lipinski definition) is 5. The Hall–Kier alpha value is -2.70. The summed E-state index contributed by atoms with van der Waals surface area (Å²) in [5.41, 5.74) is 1.18. The van der Waals surface area contributed by atoms with Crippen molar-refractivity contribution in [1.29, 1.82) is 0 Å². The highest BCUT2D eigenvalue weighted by Crippen LogP contribution is 2.17. The zero-order chi connectivity index (χ0) is 17.6. The molecule has 1 aliphatic rings. The molecule has 25 heavy (non-hydrogen) atoms. The smallest absolute Gasteiger partial charge is 0.338 e. The van der Waals surface area contributed by atoms with E-state index in [9.17, 15) is 9.59 Å². The van der Waals surface area contributed by atoms with E-state index in [1.165, 1.54) is 12.7 Å². The number of carbonyl (C=O) groups is 2. The summed E-state index contributed by atoms with van der Waals surface area (Å²) in [5.74, 6) is -0.754. The summed E-state index contributed by atoms with van der Waals surface area (Å²) in [6.07, 6.45) is 7.69. The largest absolute Gasteiger partial charge is 0.449 e. The van der Waals surface area contributed by atoms with E-state index in [0.29, 0.717) is 5.56 Å². The molecule has 1 heterocycles. The first-order valence-electron chi connectivity index (χ1n) is 8.60. The third-order valence-electron chi connectivity index (χ3n) is 4.39. The van der Waals surface area contributed by atoms with Gasteiger partial charge in [-0.25, -0.2) is 14.5 Å². The minimum atomic E-state index is -0.815. The monoisotopic (exact) mass is 342 g/mol. The summed E-state index contributed by atoms with van der Waals surface area (Å²) >= 11 is 0. The maximum absolute atomic E-state index is 12.2. The van der Waals surface area contributed by atoms with Gasteiger partial charge in [-0.3, -0.25) is 4.79 Å². The van der Waals surface area contributed by atoms with Gasteiger partial charge in [-0.05, 0) is 44.0 Å². The van der Waals surface area contributed by atoms with Crippen molar-refractivity contribution in [3.05, 3.63) is 42.5 Å². The third-order valence-corrected chi connectivity index (χ3v) is 4.39. The number of aromatic nitrogens is 3. The molecule has 1 aromatic carbocycles. The van der Waals surface area contributed by atoms with E-state index in [0.717, 1.165) is 31.4 Å². The molecule has 1 aliphatic carbocycles. The minimum Gasteiger partial charge on any atom is -0.449 e. The number of amides is 1. The highest BCUT2D eigenvalue weighted by Gasteiger charge is 2.22. The van der Waals surface area contributed by atoms with E-state index in [1.807, 2.05) is 0 Å². The van der Waals surface area contributed by atoms with Gasteiger partial charge in [-0.1, -0.05) is 19.3 Å². The zero-order valence-corrected chi connectivity index (χ0v) is 14.2. The van der Waals surface area contributed by atoms with Crippen LogP contribution >= 0.6 is 0 Å². The quantitative estimate of drug-likeness (QED) is 0.842. The highest BCUT2D eigenvalue weighted by molar-refractivity contribution is 5.92. The molecule has 7 heteroatoms. The fraction of sp³-hybridized carbons (Fsp3) is 0.444. The Labute approximate surface area is 146 Å². The van der Waals surface area contributed by atoms with Crippen LogP contribution in [0.1, 0.15) is 49.4 Å². The second-order valence-corrected chi connectivity index (χ2v) is 6.28. The van der Waals surface area contributed by atoms with Crippen LogP contribution in [0.15, 0.2) is 36.9 Å². The van der Waals surface area contributed by atoms with Crippen molar-refractivity contribution < 1.29 is 14.3 Å². The molecule has 7 nitrogen and oxygen atoms in total. The molecule has 0 saturated heterocycles. The Morgan fingerprint density at radius 1 is 1.20 bits per heavy atom. The van der Waals surface area contributed by atoms with Crippen molar-refractivity contribution in [1.82, 2.24) is 20.1 Å². The van der Waals surface area contributed by atoms with Gasteiger partial charge in [0.05, 0.1) is 11.3 Å². The summed E-state index contributed by atoms with van der Waals surface area (Å²) in [6, 6.07) is 6.98. The number of benzene rings is 1. The normalized spacial score (nSPS) is 16.2. The Morgan fingerprint density at radius 2 is 1.92 bits per heavy atom. The van der Waals surface area contributed by atoms with E-state index < -0.39 is 12.1 Å². The van der Waals surface area contributed by atoms with Crippen molar-refractivity contribution in [2.24, 2.45) is 0 Å². The number of ether oxygens (including phenoxy) is 1. The molecule has 132 valence electrons. The second kappa shape index (κ2) is 7.92. The van der Waals surface area contributed by atoms with Crippen LogP contribution in [0.5, 0.6) is 0 Å². The molecule has 0 unspecified atom stereocenters. The van der Waals surface area contributed by atoms with E-state index in [2.05, 4.69) is 15.4 Å². The Bertz CT molecular complexity index is 706. The molecule has 0 radical (unpaired) electrons. The molecule has 1 saturated carbocycles. The van der Waals surface area contributed by atoms with Gasteiger partial charge < -0.3 is 10.1 Å². The molecule has 1 fully saturated rings. The van der Waals surface area contributed by atoms with Gasteiger partial charge in [0, 0.05) is 6.04 Å². The van der Waals surface area contributed by atoms with Crippen LogP contribution in [-0.4, -0.2) is 38.8 Å². The highest BCUT2D eigenvalue weighted by atomic mass is 16.5. The molecule has 1 atom stereocenters. The average molecular weight is 342 g/mol. The van der Waals surface area contributed by atoms with Gasteiger partial charge >= 0.3 is 5.97 Å². The van der Waals surface area contributed by atoms with Crippen molar-refractivity contribution in [2.45, 2.75) is 51.2 Å². The zero-order valence-electron chi connectivity index (χ0n) is 14.2. The molecular weight excluding hydrogens is 320 g/mol. The lowest BCUT2D eigenvalue weighted by molar-refractivity contribution is -0.130. The Morgan fingerprint density at radius 3 is 2.56 bits per heavy atom. The van der Waals surface area contributed by atoms with E-state index in [-0.39, 0.29) is 11.9 Å². The third kappa shape index (κ3) is 4.43. The summed E-state index contributed by atoms with van der Waals surface area (Å²) in [6.45, 7) is 1.60. The minimum absolute atomic E-state index is 0.198. The van der Waals surface area contributed by atoms with Gasteiger partial charge in [0.2, 0.25) is 0 Å². The van der Waals surface area contributed by atoms with E-state index >= 15 is 0 Å². The predicted molar refractivity (Wildman–Crippen MR) is 91.3 cm³/mol. The van der Waals surface area contributed by atoms with Crippen molar-refractivity contribution in [3.8, 4) is 5.69 Å². The first kappa shape index (κ1) is 17.1. The first-order chi connectivity index (χ1) is 12.1. The van der Waals surface area contributed by atoms with Crippen molar-refractivity contribution in [3.63, 3.8) is 0 Å². The molecule has 1 aromatic heterocycles. The van der Waals surface area contributed by atoms with Gasteiger partial charge in [0.25, 0.3) is 5.91 Å². The van der Waals surface area contributed by atoms with E-state index in [4.69, 9.17) is 4.74 Å². The molecule has 0 aliphatic heterocycles. The standard InChI is InChI=1S/C18H22N4O3/c1-13(17(23)21-15-5-3-2-4-6-15)25-18(24)14-7-9-16(10-8-14)22-12-19-11-20-22/h7-13,15H,2-6H2,1H3,(H,21,23)/t13-/m1/s1. The average Bonchev–Trinajstić information content (AvgIpc) is 3.17. The SMILES string of the molecule is C[C@@H](OC(=O)c1ccc(-n2cncn2)cc1)C(=O)NC1CCCCC1. The summed E-state index contributed by atoms with van der Waals surface area (Å²) in [4.78, 5) is 28.3. The fourth-order valence-electron chi connectivity index (χ4n) is 2.94. The summed E-state index contributed by atoms with van der Waals surface area (Å²) in [5, 5.41) is 6.99. The number of esters is 1. The number of nitrogens with one attached hydrogen (secondary N) is 1. The van der Waals surface area contributed by atoms with Crippen LogP contribution < -0.4 is 5.32 Å². The maximum Gasteiger partial charge on any atom is 0.338 e. The number of rotatable bonds is 5. The van der Waals surface area contributed by atoms with Crippen molar-refractivity contribution in [2.75, 3.05) is 0 Å². The lowest BCUT2D eigenvalue weighted by atomic mass is 9.95. The number of carbonyl (C=O) groups excluding carboxylic acids is 2. The Balaban J connectivity index is 1.54. The van der Waals surface area contributed by atoms with Gasteiger partial charge in [-0.15, -0.1) is 0 Å². The predicted octanol–water partition coefficient (Wildman–Crippen LogP) is 2.26. The van der Waals surface area contributed by atoms with Crippen LogP contribution in [0, 0.1) is 0 Å². The van der Waals surface area contributed by atoms with Gasteiger partial charge in [-0.2, -0.15) is 5.10 Å². The lowest BCUT2D eigenvalue weighted by Crippen LogP contribution is -2.42. The van der Waals surface area contributed by atoms with Crippen LogP contribution in [0.25, 0.3) is 5.69 Å². The van der Waals surface area contributed by atoms with Crippen molar-refractivity contribution >= 4 is 11.9 Å². The molecule has 1 N–H and O–H groups in total. The van der Waals surface area contributed by atoms with Gasteiger partial charge in [0.15, 0.2) is 6.10 Å². The Kier molecular flexibility index (Phi) is 5.42. The number of hydrogen-bond donors (Lipinski definition) is 1. The van der Waals surface area contributed by atoms with Crippen LogP contribution in [0.4, 0.5) is 0 Å². The summed E-state index contributed by atoms with van der Waals surface area (Å²) < 4.78 is 6.88. The van der Waals surface area contributed by atoms with Crippen LogP contribution in [-0.2, 0) is 9.53 Å². The number of nitrogens with zero attached hydrogens (tertiary/aromatic N) is 3. The maximum atomic E-state index is 12.2. The first-order valence-corrected chi connectivity index (χ1v) is 8.60. The van der Waals surface area contributed by atoms with Crippen LogP contribution in [0.2, 0.25) is 0 Å². The molecular formula is C18H22N4O3. The van der Waals surface area contributed by atoms with E-state index in [1.54, 1.807) is 42.2 Å². The summed E-state index contributed by atoms with van der Waals surface area (Å²) in [7, 11) is 0. The molecule has 3 rings (SSSR count). The fourth-order valence-corrected chi connectivity index (χ4v) is 2.94. The lowest BCUT2D eigenvalue weighted by Gasteiger charge is -2.24. The van der Waals surface area contributed by atoms with Crippen LogP contribution in [0.3, 0.4) is 0 Å². The van der Waals surface area contributed by atoms with Gasteiger partial charge in [0.1, 0.15) is 12.7 Å². The molecule has 0 spiro atoms. The second-order valence-electron chi connectivity index (χ2n) is 6.28. The molecule has 1 amide bonds. The molecule has 0 bridgehead atoms. The molecule has 2 aromatic rings. The topological polar surface area (TPSA) is 86.1 Å².